The molecule has 0 spiro atoms. The van der Waals surface area contributed by atoms with Gasteiger partial charge in [0.2, 0.25) is 0 Å². The molecule has 5 rings (SSSR count). The number of allylic oxidation sites excluding steroid dienone is 7. The molecule has 8 atom stereocenters. The number of nitrogens with zero attached hydrogens (tertiary/aromatic N) is 1. The molecular weight excluding hydrogens is 422 g/mol. The van der Waals surface area contributed by atoms with Crippen LogP contribution in [-0.2, 0) is 4.74 Å². The van der Waals surface area contributed by atoms with Gasteiger partial charge in [0.25, 0.3) is 6.02 Å². The minimum absolute atomic E-state index is 0.00141. The quantitative estimate of drug-likeness (QED) is 0.356. The van der Waals surface area contributed by atoms with Crippen LogP contribution in [0, 0.1) is 29.6 Å². The SMILES string of the molecule is CCCCCCOC1=NC(C2CCCCC2O)NC(C2=CC3C=CC=CC3C3C=CCCC23)N1. The number of nitrogens with one attached hydrogen (secondary N) is 2. The van der Waals surface area contributed by atoms with Crippen molar-refractivity contribution in [3.05, 3.63) is 48.1 Å². The molecule has 5 nitrogen and oxygen atoms in total. The number of rotatable bonds is 7. The summed E-state index contributed by atoms with van der Waals surface area (Å²) >= 11 is 0. The molecule has 0 bridgehead atoms. The number of aliphatic hydroxyl groups excluding tert-OH is 1. The molecule has 0 aromatic rings. The maximum absolute atomic E-state index is 10.8. The van der Waals surface area contributed by atoms with E-state index in [0.29, 0.717) is 36.3 Å². The van der Waals surface area contributed by atoms with Gasteiger partial charge in [-0.25, -0.2) is 4.99 Å². The smallest absolute Gasteiger partial charge is 0.287 e. The van der Waals surface area contributed by atoms with Gasteiger partial charge in [0, 0.05) is 11.8 Å². The Hall–Kier alpha value is -1.85. The molecule has 0 aromatic carbocycles. The summed E-state index contributed by atoms with van der Waals surface area (Å²) in [6.07, 6.45) is 27.4. The third-order valence-corrected chi connectivity index (χ3v) is 8.57. The molecule has 8 unspecified atom stereocenters. The van der Waals surface area contributed by atoms with Crippen LogP contribution in [0.1, 0.15) is 71.1 Å². The van der Waals surface area contributed by atoms with Crippen LogP contribution in [0.2, 0.25) is 0 Å². The second-order valence-corrected chi connectivity index (χ2v) is 10.8. The lowest BCUT2D eigenvalue weighted by molar-refractivity contribution is 0.0436. The lowest BCUT2D eigenvalue weighted by Gasteiger charge is -2.46. The van der Waals surface area contributed by atoms with Crippen LogP contribution in [0.15, 0.2) is 53.1 Å². The van der Waals surface area contributed by atoms with Crippen molar-refractivity contribution in [3.63, 3.8) is 0 Å². The fraction of sp³-hybridized carbons (Fsp3) is 0.690. The molecule has 1 aliphatic heterocycles. The molecule has 34 heavy (non-hydrogen) atoms. The summed E-state index contributed by atoms with van der Waals surface area (Å²) in [6.45, 7) is 2.93. The Kier molecular flexibility index (Phi) is 7.90. The maximum Gasteiger partial charge on any atom is 0.287 e. The van der Waals surface area contributed by atoms with Crippen LogP contribution < -0.4 is 10.6 Å². The van der Waals surface area contributed by atoms with E-state index < -0.39 is 0 Å². The first-order chi connectivity index (χ1) is 16.7. The van der Waals surface area contributed by atoms with Gasteiger partial charge in [-0.2, -0.15) is 0 Å². The average Bonchev–Trinajstić information content (AvgIpc) is 2.88. The third kappa shape index (κ3) is 5.21. The van der Waals surface area contributed by atoms with Gasteiger partial charge in [-0.3, -0.25) is 5.32 Å². The second-order valence-electron chi connectivity index (χ2n) is 10.8. The maximum atomic E-state index is 10.8. The zero-order chi connectivity index (χ0) is 23.3. The minimum Gasteiger partial charge on any atom is -0.465 e. The lowest BCUT2D eigenvalue weighted by atomic mass is 9.62. The van der Waals surface area contributed by atoms with E-state index in [4.69, 9.17) is 9.73 Å². The number of ether oxygens (including phenoxy) is 1. The van der Waals surface area contributed by atoms with Crippen molar-refractivity contribution < 1.29 is 9.84 Å². The highest BCUT2D eigenvalue weighted by Gasteiger charge is 2.43. The van der Waals surface area contributed by atoms with E-state index in [1.165, 1.54) is 37.7 Å². The van der Waals surface area contributed by atoms with E-state index in [9.17, 15) is 5.11 Å². The number of fused-ring (bicyclic) bond motifs is 3. The standard InChI is InChI=1S/C29H43N3O2/c1-2-3-4-11-18-34-29-31-27(24-16-9-10-17-26(24)33)30-28(32-29)25-19-20-12-5-6-13-21(20)22-14-7-8-15-23(22)25/h5-7,12-14,19-24,26-28,30,33H,2-4,8-11,15-18H2,1H3,(H,31,32). The van der Waals surface area contributed by atoms with E-state index in [-0.39, 0.29) is 24.4 Å². The van der Waals surface area contributed by atoms with Gasteiger partial charge >= 0.3 is 0 Å². The Morgan fingerprint density at radius 2 is 1.91 bits per heavy atom. The molecule has 3 N–H and O–H groups in total. The molecule has 0 amide bonds. The number of unbranched alkanes of at least 4 members (excludes halogenated alkanes) is 3. The summed E-state index contributed by atoms with van der Waals surface area (Å²) < 4.78 is 6.20. The number of aliphatic hydroxyl groups is 1. The average molecular weight is 466 g/mol. The van der Waals surface area contributed by atoms with E-state index in [1.807, 2.05) is 0 Å². The van der Waals surface area contributed by atoms with Gasteiger partial charge in [0.15, 0.2) is 0 Å². The zero-order valence-corrected chi connectivity index (χ0v) is 20.7. The summed E-state index contributed by atoms with van der Waals surface area (Å²) in [7, 11) is 0. The Bertz CT molecular complexity index is 844. The van der Waals surface area contributed by atoms with Gasteiger partial charge in [-0.1, -0.05) is 81.6 Å². The van der Waals surface area contributed by atoms with E-state index in [1.54, 1.807) is 0 Å². The van der Waals surface area contributed by atoms with Crippen molar-refractivity contribution in [2.24, 2.45) is 34.6 Å². The second kappa shape index (κ2) is 11.3. The highest BCUT2D eigenvalue weighted by molar-refractivity contribution is 5.75. The van der Waals surface area contributed by atoms with Crippen molar-refractivity contribution in [1.82, 2.24) is 10.6 Å². The van der Waals surface area contributed by atoms with Gasteiger partial charge in [-0.05, 0) is 55.4 Å². The first kappa shape index (κ1) is 23.9. The van der Waals surface area contributed by atoms with Crippen LogP contribution >= 0.6 is 0 Å². The lowest BCUT2D eigenvalue weighted by Crippen LogP contribution is -2.60. The van der Waals surface area contributed by atoms with E-state index in [2.05, 4.69) is 60.1 Å². The van der Waals surface area contributed by atoms with Crippen molar-refractivity contribution in [1.29, 1.82) is 0 Å². The Labute approximate surface area is 205 Å². The Morgan fingerprint density at radius 3 is 2.79 bits per heavy atom. The van der Waals surface area contributed by atoms with Gasteiger partial charge in [0.05, 0.1) is 12.7 Å². The molecule has 1 heterocycles. The monoisotopic (exact) mass is 465 g/mol. The third-order valence-electron chi connectivity index (χ3n) is 8.57. The van der Waals surface area contributed by atoms with Gasteiger partial charge in [0.1, 0.15) is 12.3 Å². The number of amidine groups is 1. The fourth-order valence-corrected chi connectivity index (χ4v) is 6.71. The van der Waals surface area contributed by atoms with E-state index in [0.717, 1.165) is 32.1 Å². The van der Waals surface area contributed by atoms with Crippen molar-refractivity contribution in [2.45, 2.75) is 89.6 Å². The molecule has 5 heteroatoms. The number of aliphatic imine (C=N–C) groups is 1. The highest BCUT2D eigenvalue weighted by Crippen LogP contribution is 2.46. The van der Waals surface area contributed by atoms with Crippen LogP contribution in [0.3, 0.4) is 0 Å². The molecule has 1 fully saturated rings. The highest BCUT2D eigenvalue weighted by atomic mass is 16.5. The summed E-state index contributed by atoms with van der Waals surface area (Å²) in [5.74, 6) is 2.20. The summed E-state index contributed by atoms with van der Waals surface area (Å²) in [5, 5.41) is 18.3. The minimum atomic E-state index is -0.291. The molecule has 0 aromatic heterocycles. The molecule has 5 aliphatic rings. The predicted octanol–water partition coefficient (Wildman–Crippen LogP) is 5.22. The van der Waals surface area contributed by atoms with Crippen LogP contribution in [0.25, 0.3) is 0 Å². The molecule has 186 valence electrons. The van der Waals surface area contributed by atoms with E-state index >= 15 is 0 Å². The predicted molar refractivity (Wildman–Crippen MR) is 138 cm³/mol. The summed E-state index contributed by atoms with van der Waals surface area (Å²) in [6, 6.07) is 0.660. The molecule has 0 saturated heterocycles. The van der Waals surface area contributed by atoms with Crippen molar-refractivity contribution >= 4 is 6.02 Å². The van der Waals surface area contributed by atoms with Gasteiger partial charge in [-0.15, -0.1) is 0 Å². The first-order valence-electron chi connectivity index (χ1n) is 13.9. The zero-order valence-electron chi connectivity index (χ0n) is 20.7. The van der Waals surface area contributed by atoms with Gasteiger partial charge < -0.3 is 15.2 Å². The Morgan fingerprint density at radius 1 is 1.03 bits per heavy atom. The largest absolute Gasteiger partial charge is 0.465 e. The first-order valence-corrected chi connectivity index (χ1v) is 13.9. The molecule has 1 saturated carbocycles. The van der Waals surface area contributed by atoms with Crippen LogP contribution in [0.5, 0.6) is 0 Å². The fourth-order valence-electron chi connectivity index (χ4n) is 6.71. The van der Waals surface area contributed by atoms with Crippen molar-refractivity contribution in [3.8, 4) is 0 Å². The normalized spacial score (nSPS) is 38.9. The van der Waals surface area contributed by atoms with Crippen LogP contribution in [-0.4, -0.2) is 36.2 Å². The topological polar surface area (TPSA) is 65.9 Å². The summed E-state index contributed by atoms with van der Waals surface area (Å²) in [5.41, 5.74) is 1.45. The van der Waals surface area contributed by atoms with Crippen LogP contribution in [0.4, 0.5) is 0 Å². The van der Waals surface area contributed by atoms with Crippen molar-refractivity contribution in [2.75, 3.05) is 6.61 Å². The number of hydrogen-bond donors (Lipinski definition) is 3. The summed E-state index contributed by atoms with van der Waals surface area (Å²) in [4.78, 5) is 4.95. The molecule has 4 aliphatic carbocycles. The number of hydrogen-bond acceptors (Lipinski definition) is 5. The molecular formula is C29H43N3O2. The molecule has 0 radical (unpaired) electrons. The Balaban J connectivity index is 1.38.